The van der Waals surface area contributed by atoms with E-state index in [9.17, 15) is 19.2 Å². The summed E-state index contributed by atoms with van der Waals surface area (Å²) in [4.78, 5) is 53.3. The van der Waals surface area contributed by atoms with Crippen molar-refractivity contribution in [2.75, 3.05) is 0 Å². The number of hydrogen-bond acceptors (Lipinski definition) is 9. The molecular weight excluding hydrogens is 566 g/mol. The molecule has 0 bridgehead atoms. The summed E-state index contributed by atoms with van der Waals surface area (Å²) in [7, 11) is 0. The third-order valence-corrected chi connectivity index (χ3v) is 5.97. The zero-order chi connectivity index (χ0) is 31.1. The van der Waals surface area contributed by atoms with Gasteiger partial charge in [0.1, 0.15) is 26.4 Å². The average molecular weight is 596 g/mol. The highest BCUT2D eigenvalue weighted by molar-refractivity contribution is 6.16. The van der Waals surface area contributed by atoms with E-state index in [4.69, 9.17) is 24.4 Å². The van der Waals surface area contributed by atoms with E-state index in [0.717, 1.165) is 0 Å². The fourth-order valence-electron chi connectivity index (χ4n) is 3.73. The van der Waals surface area contributed by atoms with Gasteiger partial charge < -0.3 is 18.9 Å². The summed E-state index contributed by atoms with van der Waals surface area (Å²) in [5.41, 5.74) is 2.36. The highest BCUT2D eigenvalue weighted by Gasteiger charge is 2.40. The van der Waals surface area contributed by atoms with Gasteiger partial charge in [0, 0.05) is 0 Å². The van der Waals surface area contributed by atoms with Gasteiger partial charge >= 0.3 is 24.4 Å². The first kappa shape index (κ1) is 31.0. The van der Waals surface area contributed by atoms with Crippen LogP contribution in [0.25, 0.3) is 0 Å². The minimum Gasteiger partial charge on any atom is -0.444 e. The van der Waals surface area contributed by atoms with Crippen molar-refractivity contribution in [2.24, 2.45) is 0 Å². The second-order valence-electron chi connectivity index (χ2n) is 9.16. The van der Waals surface area contributed by atoms with E-state index in [1.165, 1.54) is 0 Å². The van der Waals surface area contributed by atoms with Crippen molar-refractivity contribution in [1.29, 1.82) is 5.41 Å². The van der Waals surface area contributed by atoms with E-state index in [2.05, 4.69) is 0 Å². The Labute approximate surface area is 253 Å². The van der Waals surface area contributed by atoms with Crippen molar-refractivity contribution in [3.63, 3.8) is 0 Å². The number of carbonyl (C=O) groups excluding carboxylic acids is 4. The first-order valence-corrected chi connectivity index (χ1v) is 13.4. The molecule has 0 radical (unpaired) electrons. The molecular formula is C33H29N3O8. The van der Waals surface area contributed by atoms with Gasteiger partial charge in [0.2, 0.25) is 5.96 Å². The number of nitrogens with one attached hydrogen (secondary N) is 1. The summed E-state index contributed by atoms with van der Waals surface area (Å²) in [6.07, 6.45) is -5.47. The molecule has 11 nitrogen and oxygen atoms in total. The van der Waals surface area contributed by atoms with Gasteiger partial charge in [-0.1, -0.05) is 121 Å². The number of benzene rings is 4. The Hall–Kier alpha value is -5.97. The smallest absolute Gasteiger partial charge is 0.426 e. The fraction of sp³-hybridized carbons (Fsp3) is 0.121. The summed E-state index contributed by atoms with van der Waals surface area (Å²) in [5, 5.41) is 8.71. The third-order valence-electron chi connectivity index (χ3n) is 5.97. The second kappa shape index (κ2) is 15.9. The van der Waals surface area contributed by atoms with Crippen LogP contribution in [-0.4, -0.2) is 40.1 Å². The van der Waals surface area contributed by atoms with Gasteiger partial charge in [0.15, 0.2) is 0 Å². The van der Waals surface area contributed by atoms with Gasteiger partial charge in [-0.25, -0.2) is 19.2 Å². The molecule has 0 spiro atoms. The highest BCUT2D eigenvalue weighted by atomic mass is 16.6. The van der Waals surface area contributed by atoms with Gasteiger partial charge in [-0.05, 0) is 22.3 Å². The molecule has 0 aliphatic rings. The lowest BCUT2D eigenvalue weighted by Gasteiger charge is -2.26. The van der Waals surface area contributed by atoms with Gasteiger partial charge in [-0.3, -0.25) is 5.41 Å². The molecule has 0 aliphatic heterocycles. The Morgan fingerprint density at radius 3 is 0.818 bits per heavy atom. The zero-order valence-corrected chi connectivity index (χ0v) is 23.5. The van der Waals surface area contributed by atoms with E-state index < -0.39 is 30.3 Å². The van der Waals surface area contributed by atoms with Gasteiger partial charge in [0.25, 0.3) is 0 Å². The minimum absolute atomic E-state index is 0.124. The normalized spacial score (nSPS) is 10.2. The maximum Gasteiger partial charge on any atom is 0.426 e. The fourth-order valence-corrected chi connectivity index (χ4v) is 3.73. The highest BCUT2D eigenvalue weighted by Crippen LogP contribution is 2.14. The first-order valence-electron chi connectivity index (χ1n) is 13.4. The summed E-state index contributed by atoms with van der Waals surface area (Å²) in [6, 6.07) is 34.4. The summed E-state index contributed by atoms with van der Waals surface area (Å²) in [6.45, 7) is -1.09. The molecule has 4 rings (SSSR count). The van der Waals surface area contributed by atoms with Crippen molar-refractivity contribution in [3.05, 3.63) is 144 Å². The monoisotopic (exact) mass is 595 g/mol. The molecule has 4 aromatic carbocycles. The van der Waals surface area contributed by atoms with Crippen LogP contribution in [0.15, 0.2) is 121 Å². The topological polar surface area (TPSA) is 136 Å². The van der Waals surface area contributed by atoms with Crippen molar-refractivity contribution < 1.29 is 38.1 Å². The molecule has 0 heterocycles. The lowest BCUT2D eigenvalue weighted by molar-refractivity contribution is 0.0741. The van der Waals surface area contributed by atoms with Gasteiger partial charge in [-0.2, -0.15) is 0 Å². The molecule has 224 valence electrons. The van der Waals surface area contributed by atoms with Crippen LogP contribution in [0.3, 0.4) is 0 Å². The first-order chi connectivity index (χ1) is 21.4. The van der Waals surface area contributed by atoms with Crippen molar-refractivity contribution in [1.82, 2.24) is 9.80 Å². The van der Waals surface area contributed by atoms with Crippen molar-refractivity contribution >= 4 is 30.3 Å². The Kier molecular flexibility index (Phi) is 11.2. The number of nitrogens with zero attached hydrogens (tertiary/aromatic N) is 2. The summed E-state index contributed by atoms with van der Waals surface area (Å²) >= 11 is 0. The molecule has 11 heteroatoms. The van der Waals surface area contributed by atoms with E-state index >= 15 is 0 Å². The van der Waals surface area contributed by atoms with E-state index in [-0.39, 0.29) is 36.2 Å². The number of carbonyl (C=O) groups is 4. The predicted molar refractivity (Wildman–Crippen MR) is 158 cm³/mol. The number of amides is 4. The number of imide groups is 2. The van der Waals surface area contributed by atoms with Crippen LogP contribution >= 0.6 is 0 Å². The lowest BCUT2D eigenvalue weighted by Crippen LogP contribution is -2.54. The van der Waals surface area contributed by atoms with Crippen LogP contribution in [0.2, 0.25) is 0 Å². The Bertz CT molecular complexity index is 1320. The Morgan fingerprint density at radius 1 is 0.409 bits per heavy atom. The van der Waals surface area contributed by atoms with Crippen LogP contribution in [-0.2, 0) is 45.4 Å². The second-order valence-corrected chi connectivity index (χ2v) is 9.16. The molecule has 4 amide bonds. The molecule has 1 N–H and O–H groups in total. The van der Waals surface area contributed by atoms with Crippen LogP contribution in [0, 0.1) is 5.41 Å². The van der Waals surface area contributed by atoms with Crippen molar-refractivity contribution in [2.45, 2.75) is 26.4 Å². The zero-order valence-electron chi connectivity index (χ0n) is 23.5. The van der Waals surface area contributed by atoms with Crippen molar-refractivity contribution in [3.8, 4) is 0 Å². The van der Waals surface area contributed by atoms with Crippen LogP contribution in [0.1, 0.15) is 22.3 Å². The molecule has 0 saturated heterocycles. The summed E-state index contributed by atoms with van der Waals surface area (Å²) in [5.74, 6) is -1.21. The molecule has 0 unspecified atom stereocenters. The van der Waals surface area contributed by atoms with Crippen LogP contribution in [0.4, 0.5) is 19.2 Å². The van der Waals surface area contributed by atoms with E-state index in [1.54, 1.807) is 121 Å². The summed E-state index contributed by atoms with van der Waals surface area (Å²) < 4.78 is 21.1. The van der Waals surface area contributed by atoms with E-state index in [1.807, 2.05) is 0 Å². The Balaban J connectivity index is 1.58. The molecule has 44 heavy (non-hydrogen) atoms. The number of ether oxygens (including phenoxy) is 4. The van der Waals surface area contributed by atoms with E-state index in [0.29, 0.717) is 22.3 Å². The minimum atomic E-state index is -1.37. The standard InChI is InChI=1S/C33H29N3O8/c34-29(35(30(37)41-21-25-13-5-1-6-14-25)31(38)42-22-26-15-7-2-8-16-26)36(32(39)43-23-27-17-9-3-10-18-27)33(40)44-24-28-19-11-4-12-20-28/h1-20,34H,21-24H2. The molecule has 0 aromatic heterocycles. The number of rotatable bonds is 8. The van der Waals surface area contributed by atoms with Crippen LogP contribution < -0.4 is 0 Å². The third kappa shape index (κ3) is 9.02. The van der Waals surface area contributed by atoms with Gasteiger partial charge in [-0.15, -0.1) is 9.80 Å². The predicted octanol–water partition coefficient (Wildman–Crippen LogP) is 6.87. The molecule has 0 fully saturated rings. The average Bonchev–Trinajstić information content (AvgIpc) is 3.06. The van der Waals surface area contributed by atoms with Crippen LogP contribution in [0.5, 0.6) is 0 Å². The molecule has 0 saturated carbocycles. The number of hydrogen-bond donors (Lipinski definition) is 1. The lowest BCUT2D eigenvalue weighted by atomic mass is 10.2. The Morgan fingerprint density at radius 2 is 0.614 bits per heavy atom. The van der Waals surface area contributed by atoms with Gasteiger partial charge in [0.05, 0.1) is 0 Å². The largest absolute Gasteiger partial charge is 0.444 e. The quantitative estimate of drug-likeness (QED) is 0.132. The maximum atomic E-state index is 13.3. The molecule has 4 aromatic rings. The maximum absolute atomic E-state index is 13.3. The molecule has 0 atom stereocenters. The molecule has 0 aliphatic carbocycles. The SMILES string of the molecule is N=C(N(C(=O)OCc1ccccc1)C(=O)OCc1ccccc1)N(C(=O)OCc1ccccc1)C(=O)OCc1ccccc1. The number of guanidine groups is 1.